The maximum absolute atomic E-state index is 11.6. The van der Waals surface area contributed by atoms with Crippen molar-refractivity contribution in [3.63, 3.8) is 0 Å². The van der Waals surface area contributed by atoms with E-state index in [0.29, 0.717) is 5.75 Å². The standard InChI is InChI=1S/C10H15N3OS/c1-10(2,3)9-12-4-7-5-15(11,14)6-8(7)13-9/h4,11H,5-6H2,1-3H3/t15-/m1/s1. The van der Waals surface area contributed by atoms with E-state index in [9.17, 15) is 4.21 Å². The fourth-order valence-corrected chi connectivity index (χ4v) is 3.11. The molecular weight excluding hydrogens is 210 g/mol. The lowest BCUT2D eigenvalue weighted by Gasteiger charge is -2.16. The topological polar surface area (TPSA) is 66.7 Å². The molecule has 1 aliphatic heterocycles. The molecule has 0 spiro atoms. The Hall–Kier alpha value is -0.970. The fourth-order valence-electron chi connectivity index (χ4n) is 1.57. The number of nitrogens with one attached hydrogen (secondary N) is 1. The summed E-state index contributed by atoms with van der Waals surface area (Å²) in [5.74, 6) is 1.36. The van der Waals surface area contributed by atoms with Gasteiger partial charge >= 0.3 is 0 Å². The second-order valence-corrected chi connectivity index (χ2v) is 7.22. The molecular formula is C10H15N3OS. The number of hydrogen-bond acceptors (Lipinski definition) is 4. The smallest absolute Gasteiger partial charge is 0.133 e. The Bertz CT molecular complexity index is 500. The highest BCUT2D eigenvalue weighted by atomic mass is 32.2. The lowest BCUT2D eigenvalue weighted by Crippen LogP contribution is -2.16. The van der Waals surface area contributed by atoms with E-state index in [0.717, 1.165) is 17.1 Å². The average Bonchev–Trinajstić information content (AvgIpc) is 2.34. The van der Waals surface area contributed by atoms with Crippen LogP contribution in [0.25, 0.3) is 0 Å². The lowest BCUT2D eigenvalue weighted by atomic mass is 9.95. The van der Waals surface area contributed by atoms with Crippen molar-refractivity contribution in [1.82, 2.24) is 9.97 Å². The Morgan fingerprint density at radius 2 is 2.07 bits per heavy atom. The summed E-state index contributed by atoms with van der Waals surface area (Å²) >= 11 is 0. The number of fused-ring (bicyclic) bond motifs is 1. The Kier molecular flexibility index (Phi) is 2.12. The summed E-state index contributed by atoms with van der Waals surface area (Å²) in [6.45, 7) is 6.13. The molecule has 0 unspecified atom stereocenters. The molecule has 1 N–H and O–H groups in total. The van der Waals surface area contributed by atoms with Gasteiger partial charge in [0.2, 0.25) is 0 Å². The number of hydrogen-bond donors (Lipinski definition) is 1. The zero-order chi connectivity index (χ0) is 11.3. The van der Waals surface area contributed by atoms with Gasteiger partial charge in [0.15, 0.2) is 0 Å². The van der Waals surface area contributed by atoms with Gasteiger partial charge in [-0.15, -0.1) is 0 Å². The molecule has 2 heterocycles. The number of aromatic nitrogens is 2. The minimum absolute atomic E-state index is 0.0967. The monoisotopic (exact) mass is 225 g/mol. The first kappa shape index (κ1) is 10.5. The van der Waals surface area contributed by atoms with Crippen LogP contribution in [-0.4, -0.2) is 14.2 Å². The Morgan fingerprint density at radius 1 is 1.40 bits per heavy atom. The van der Waals surface area contributed by atoms with Crippen LogP contribution in [0.4, 0.5) is 0 Å². The second-order valence-electron chi connectivity index (χ2n) is 5.02. The van der Waals surface area contributed by atoms with Gasteiger partial charge in [-0.1, -0.05) is 20.8 Å². The van der Waals surface area contributed by atoms with Crippen LogP contribution in [0, 0.1) is 4.78 Å². The van der Waals surface area contributed by atoms with Crippen LogP contribution in [0.15, 0.2) is 6.20 Å². The lowest BCUT2D eigenvalue weighted by molar-refractivity contribution is 0.542. The molecule has 2 rings (SSSR count). The van der Waals surface area contributed by atoms with E-state index in [1.165, 1.54) is 0 Å². The molecule has 4 nitrogen and oxygen atoms in total. The van der Waals surface area contributed by atoms with E-state index in [4.69, 9.17) is 4.78 Å². The van der Waals surface area contributed by atoms with E-state index in [1.807, 2.05) is 20.8 Å². The van der Waals surface area contributed by atoms with Crippen molar-refractivity contribution in [2.45, 2.75) is 37.7 Å². The fraction of sp³-hybridized carbons (Fsp3) is 0.600. The first-order valence-corrected chi connectivity index (χ1v) is 6.77. The molecule has 0 radical (unpaired) electrons. The summed E-state index contributed by atoms with van der Waals surface area (Å²) in [4.78, 5) is 8.68. The van der Waals surface area contributed by atoms with Crippen LogP contribution in [-0.2, 0) is 26.6 Å². The van der Waals surface area contributed by atoms with Crippen LogP contribution in [0.3, 0.4) is 0 Å². The first-order valence-electron chi connectivity index (χ1n) is 4.87. The van der Waals surface area contributed by atoms with Crippen molar-refractivity contribution >= 4 is 9.73 Å². The van der Waals surface area contributed by atoms with Crippen LogP contribution >= 0.6 is 0 Å². The van der Waals surface area contributed by atoms with Gasteiger partial charge in [-0.3, -0.25) is 4.78 Å². The van der Waals surface area contributed by atoms with Crippen molar-refractivity contribution in [2.24, 2.45) is 0 Å². The molecule has 1 aromatic rings. The molecule has 0 amide bonds. The summed E-state index contributed by atoms with van der Waals surface area (Å²) in [7, 11) is -2.47. The third kappa shape index (κ3) is 2.02. The highest BCUT2D eigenvalue weighted by molar-refractivity contribution is 7.91. The predicted molar refractivity (Wildman–Crippen MR) is 59.0 cm³/mol. The summed E-state index contributed by atoms with van der Waals surface area (Å²) in [5, 5.41) is 0. The number of nitrogens with zero attached hydrogens (tertiary/aromatic N) is 2. The zero-order valence-corrected chi connectivity index (χ0v) is 10.0. The zero-order valence-electron chi connectivity index (χ0n) is 9.20. The van der Waals surface area contributed by atoms with Gasteiger partial charge in [0.05, 0.1) is 26.9 Å². The SMILES string of the molecule is CC(C)(C)c1ncc2c(n1)C[S@](=N)(=O)C2. The van der Waals surface area contributed by atoms with Gasteiger partial charge in [0, 0.05) is 17.2 Å². The minimum Gasteiger partial charge on any atom is -0.252 e. The van der Waals surface area contributed by atoms with E-state index in [1.54, 1.807) is 6.20 Å². The van der Waals surface area contributed by atoms with Gasteiger partial charge in [0.25, 0.3) is 0 Å². The van der Waals surface area contributed by atoms with Gasteiger partial charge in [-0.25, -0.2) is 14.2 Å². The third-order valence-electron chi connectivity index (χ3n) is 2.38. The second kappa shape index (κ2) is 3.01. The van der Waals surface area contributed by atoms with Crippen LogP contribution < -0.4 is 0 Å². The normalized spacial score (nSPS) is 25.3. The van der Waals surface area contributed by atoms with Gasteiger partial charge in [-0.2, -0.15) is 0 Å². The van der Waals surface area contributed by atoms with E-state index in [2.05, 4.69) is 9.97 Å². The Morgan fingerprint density at radius 3 is 2.67 bits per heavy atom. The molecule has 0 bridgehead atoms. The summed E-state index contributed by atoms with van der Waals surface area (Å²) in [5.41, 5.74) is 1.58. The molecule has 0 aromatic carbocycles. The van der Waals surface area contributed by atoms with Crippen LogP contribution in [0.1, 0.15) is 37.9 Å². The van der Waals surface area contributed by atoms with E-state index in [-0.39, 0.29) is 11.2 Å². The van der Waals surface area contributed by atoms with E-state index >= 15 is 0 Å². The minimum atomic E-state index is -2.47. The Labute approximate surface area is 90.1 Å². The van der Waals surface area contributed by atoms with Crippen LogP contribution in [0.5, 0.6) is 0 Å². The molecule has 82 valence electrons. The van der Waals surface area contributed by atoms with Gasteiger partial charge in [-0.05, 0) is 0 Å². The molecule has 0 fully saturated rings. The largest absolute Gasteiger partial charge is 0.252 e. The van der Waals surface area contributed by atoms with Gasteiger partial charge < -0.3 is 0 Å². The highest BCUT2D eigenvalue weighted by Crippen LogP contribution is 2.26. The van der Waals surface area contributed by atoms with Gasteiger partial charge in [0.1, 0.15) is 5.82 Å². The summed E-state index contributed by atoms with van der Waals surface area (Å²) < 4.78 is 19.2. The molecule has 1 atom stereocenters. The summed E-state index contributed by atoms with van der Waals surface area (Å²) in [6, 6.07) is 0. The molecule has 5 heteroatoms. The highest BCUT2D eigenvalue weighted by Gasteiger charge is 2.26. The van der Waals surface area contributed by atoms with Crippen molar-refractivity contribution in [3.05, 3.63) is 23.3 Å². The molecule has 0 saturated carbocycles. The number of rotatable bonds is 0. The molecule has 1 aromatic heterocycles. The Balaban J connectivity index is 2.48. The summed E-state index contributed by atoms with van der Waals surface area (Å²) in [6.07, 6.45) is 1.73. The molecule has 1 aliphatic rings. The molecule has 0 saturated heterocycles. The molecule has 15 heavy (non-hydrogen) atoms. The van der Waals surface area contributed by atoms with Crippen molar-refractivity contribution < 1.29 is 4.21 Å². The molecule has 0 aliphatic carbocycles. The van der Waals surface area contributed by atoms with Crippen molar-refractivity contribution in [1.29, 1.82) is 4.78 Å². The maximum Gasteiger partial charge on any atom is 0.133 e. The third-order valence-corrected chi connectivity index (χ3v) is 3.90. The first-order chi connectivity index (χ1) is 6.78. The quantitative estimate of drug-likeness (QED) is 0.732. The predicted octanol–water partition coefficient (Wildman–Crippen LogP) is 1.83. The maximum atomic E-state index is 11.6. The van der Waals surface area contributed by atoms with Crippen molar-refractivity contribution in [2.75, 3.05) is 0 Å². The average molecular weight is 225 g/mol. The van der Waals surface area contributed by atoms with Crippen molar-refractivity contribution in [3.8, 4) is 0 Å². The van der Waals surface area contributed by atoms with Crippen LogP contribution in [0.2, 0.25) is 0 Å². The van der Waals surface area contributed by atoms with E-state index < -0.39 is 9.73 Å².